The van der Waals surface area contributed by atoms with Gasteiger partial charge in [0.15, 0.2) is 5.82 Å². The Balaban J connectivity index is 1.26. The Kier molecular flexibility index (Phi) is 7.32. The maximum atomic E-state index is 5.35. The first-order chi connectivity index (χ1) is 24.3. The third-order valence-electron chi connectivity index (χ3n) is 9.44. The number of fused-ring (bicyclic) bond motifs is 5. The summed E-state index contributed by atoms with van der Waals surface area (Å²) >= 11 is 0. The van der Waals surface area contributed by atoms with Crippen LogP contribution in [0.15, 0.2) is 169 Å². The lowest BCUT2D eigenvalue weighted by atomic mass is 9.86. The summed E-state index contributed by atoms with van der Waals surface area (Å²) in [7, 11) is 0. The summed E-state index contributed by atoms with van der Waals surface area (Å²) in [5, 5.41) is 1.10. The molecule has 2 aromatic heterocycles. The van der Waals surface area contributed by atoms with Crippen LogP contribution in [0, 0.1) is 0 Å². The third-order valence-corrected chi connectivity index (χ3v) is 9.44. The quantitative estimate of drug-likeness (QED) is 0.191. The topological polar surface area (TPSA) is 51.0 Å². The molecule has 3 heterocycles. The van der Waals surface area contributed by atoms with Gasteiger partial charge >= 0.3 is 0 Å². The maximum Gasteiger partial charge on any atom is 0.160 e. The third kappa shape index (κ3) is 5.28. The number of allylic oxidation sites excluding steroid dienone is 4. The lowest BCUT2D eigenvalue weighted by molar-refractivity contribution is 0.795. The normalized spacial score (nSPS) is 16.2. The van der Waals surface area contributed by atoms with Crippen LogP contribution in [-0.4, -0.2) is 20.7 Å². The van der Waals surface area contributed by atoms with E-state index in [-0.39, 0.29) is 5.92 Å². The minimum absolute atomic E-state index is 0.183. The van der Waals surface area contributed by atoms with Crippen molar-refractivity contribution in [2.24, 2.45) is 4.99 Å². The summed E-state index contributed by atoms with van der Waals surface area (Å²) in [6.45, 7) is 0. The molecule has 0 spiro atoms. The molecule has 0 unspecified atom stereocenters. The largest absolute Gasteiger partial charge is 0.252 e. The minimum Gasteiger partial charge on any atom is -0.252 e. The van der Waals surface area contributed by atoms with E-state index in [1.807, 2.05) is 18.2 Å². The minimum atomic E-state index is 0.183. The number of hydrogen-bond donors (Lipinski definition) is 0. The lowest BCUT2D eigenvalue weighted by Gasteiger charge is -2.19. The zero-order chi connectivity index (χ0) is 32.6. The van der Waals surface area contributed by atoms with Gasteiger partial charge < -0.3 is 0 Å². The second kappa shape index (κ2) is 12.4. The van der Waals surface area contributed by atoms with Gasteiger partial charge in [0.05, 0.1) is 28.3 Å². The zero-order valence-corrected chi connectivity index (χ0v) is 26.9. The van der Waals surface area contributed by atoms with E-state index in [0.717, 1.165) is 85.6 Å². The highest BCUT2D eigenvalue weighted by Gasteiger charge is 2.31. The predicted molar refractivity (Wildman–Crippen MR) is 202 cm³/mol. The molecular weight excluding hydrogens is 597 g/mol. The lowest BCUT2D eigenvalue weighted by Crippen LogP contribution is -2.08. The van der Waals surface area contributed by atoms with Crippen LogP contribution >= 0.6 is 0 Å². The van der Waals surface area contributed by atoms with Crippen LogP contribution < -0.4 is 0 Å². The second-order valence-corrected chi connectivity index (χ2v) is 12.5. The van der Waals surface area contributed by atoms with Gasteiger partial charge in [-0.05, 0) is 36.6 Å². The fraction of sp³-hybridized carbons (Fsp3) is 0.0667. The molecule has 0 fully saturated rings. The van der Waals surface area contributed by atoms with E-state index in [1.54, 1.807) is 0 Å². The molecule has 4 heteroatoms. The summed E-state index contributed by atoms with van der Waals surface area (Å²) < 4.78 is 0. The van der Waals surface area contributed by atoms with Gasteiger partial charge in [-0.2, -0.15) is 0 Å². The Hall–Kier alpha value is -6.26. The monoisotopic (exact) mass is 628 g/mol. The molecule has 232 valence electrons. The van der Waals surface area contributed by atoms with Crippen LogP contribution in [-0.2, 0) is 0 Å². The number of aliphatic imine (C=N–C) groups is 1. The molecule has 1 atom stereocenters. The fourth-order valence-electron chi connectivity index (χ4n) is 7.16. The van der Waals surface area contributed by atoms with Crippen molar-refractivity contribution in [2.75, 3.05) is 0 Å². The summed E-state index contributed by atoms with van der Waals surface area (Å²) in [4.78, 5) is 21.3. The first-order valence-electron chi connectivity index (χ1n) is 16.9. The number of hydrogen-bond acceptors (Lipinski definition) is 4. The first kappa shape index (κ1) is 28.9. The van der Waals surface area contributed by atoms with Crippen molar-refractivity contribution < 1.29 is 0 Å². The summed E-state index contributed by atoms with van der Waals surface area (Å²) in [6.07, 6.45) is 10.6. The Morgan fingerprint density at radius 3 is 1.84 bits per heavy atom. The standard InChI is InChI=1S/C45H32N4/c1-2-13-27-37-35(25-12-1)40-43(46-38-28-15-14-26-36(38)44(40)47-37)33-23-16-24-34(29-33)45-48-41(31-19-8-4-9-20-31)39(30-17-6-3-7-18-30)42(49-45)32-21-10-5-11-22-32/h1-11,13-24,26-29,35H,12,25H2/b2-1-,27-13-/t35-/m1/s1. The van der Waals surface area contributed by atoms with Gasteiger partial charge in [0, 0.05) is 50.4 Å². The van der Waals surface area contributed by atoms with Crippen LogP contribution in [0.5, 0.6) is 0 Å². The summed E-state index contributed by atoms with van der Waals surface area (Å²) in [6, 6.07) is 48.3. The second-order valence-electron chi connectivity index (χ2n) is 12.5. The van der Waals surface area contributed by atoms with E-state index in [9.17, 15) is 0 Å². The van der Waals surface area contributed by atoms with Crippen molar-refractivity contribution in [3.8, 4) is 56.3 Å². The molecule has 0 radical (unpaired) electrons. The molecule has 0 saturated carbocycles. The van der Waals surface area contributed by atoms with Crippen LogP contribution in [0.1, 0.15) is 24.3 Å². The molecule has 2 aliphatic rings. The molecule has 9 rings (SSSR count). The van der Waals surface area contributed by atoms with Gasteiger partial charge in [-0.15, -0.1) is 0 Å². The van der Waals surface area contributed by atoms with E-state index in [4.69, 9.17) is 19.9 Å². The zero-order valence-electron chi connectivity index (χ0n) is 26.9. The smallest absolute Gasteiger partial charge is 0.160 e. The van der Waals surface area contributed by atoms with Gasteiger partial charge in [0.1, 0.15) is 0 Å². The van der Waals surface area contributed by atoms with Gasteiger partial charge in [-0.3, -0.25) is 4.99 Å². The predicted octanol–water partition coefficient (Wildman–Crippen LogP) is 11.4. The van der Waals surface area contributed by atoms with Crippen LogP contribution in [0.4, 0.5) is 5.69 Å². The molecule has 49 heavy (non-hydrogen) atoms. The average Bonchev–Trinajstić information content (AvgIpc) is 3.52. The highest BCUT2D eigenvalue weighted by Crippen LogP contribution is 2.48. The van der Waals surface area contributed by atoms with Gasteiger partial charge in [0.25, 0.3) is 0 Å². The number of nitrogens with zero attached hydrogens (tertiary/aromatic N) is 4. The van der Waals surface area contributed by atoms with Gasteiger partial charge in [0.2, 0.25) is 0 Å². The maximum absolute atomic E-state index is 5.35. The Labute approximate surface area is 285 Å². The highest BCUT2D eigenvalue weighted by atomic mass is 14.9. The van der Waals surface area contributed by atoms with Gasteiger partial charge in [-0.1, -0.05) is 146 Å². The number of rotatable bonds is 5. The van der Waals surface area contributed by atoms with E-state index < -0.39 is 0 Å². The Morgan fingerprint density at radius 2 is 1.12 bits per heavy atom. The van der Waals surface area contributed by atoms with E-state index in [2.05, 4.69) is 146 Å². The van der Waals surface area contributed by atoms with E-state index >= 15 is 0 Å². The van der Waals surface area contributed by atoms with Crippen LogP contribution in [0.3, 0.4) is 0 Å². The molecule has 0 N–H and O–H groups in total. The summed E-state index contributed by atoms with van der Waals surface area (Å²) in [5.74, 6) is 0.857. The Morgan fingerprint density at radius 1 is 0.510 bits per heavy atom. The highest BCUT2D eigenvalue weighted by molar-refractivity contribution is 6.12. The number of para-hydroxylation sites is 1. The van der Waals surface area contributed by atoms with Crippen molar-refractivity contribution in [1.82, 2.24) is 15.0 Å². The van der Waals surface area contributed by atoms with E-state index in [0.29, 0.717) is 5.82 Å². The van der Waals surface area contributed by atoms with Gasteiger partial charge in [-0.25, -0.2) is 15.0 Å². The van der Waals surface area contributed by atoms with E-state index in [1.165, 1.54) is 5.56 Å². The molecule has 1 aliphatic heterocycles. The van der Waals surface area contributed by atoms with Crippen LogP contribution in [0.2, 0.25) is 0 Å². The molecule has 0 amide bonds. The number of pyridine rings is 1. The fourth-order valence-corrected chi connectivity index (χ4v) is 7.16. The molecule has 7 aromatic rings. The molecule has 0 bridgehead atoms. The Bertz CT molecular complexity index is 2370. The van der Waals surface area contributed by atoms with Crippen molar-refractivity contribution in [3.63, 3.8) is 0 Å². The first-order valence-corrected chi connectivity index (χ1v) is 16.9. The average molecular weight is 629 g/mol. The number of benzene rings is 5. The van der Waals surface area contributed by atoms with Crippen molar-refractivity contribution in [2.45, 2.75) is 18.8 Å². The molecule has 5 aromatic carbocycles. The molecule has 0 saturated heterocycles. The summed E-state index contributed by atoms with van der Waals surface area (Å²) in [5.41, 5.74) is 13.2. The van der Waals surface area contributed by atoms with Crippen molar-refractivity contribution in [3.05, 3.63) is 169 Å². The molecular formula is C45H32N4. The van der Waals surface area contributed by atoms with Crippen molar-refractivity contribution in [1.29, 1.82) is 0 Å². The number of aromatic nitrogens is 3. The molecule has 4 nitrogen and oxygen atoms in total. The SMILES string of the molecule is C1=C\CC[C@@H]2C(=Nc3c2c(-c2cccc(-c4nc(-c5ccccc5)c(-c5ccccc5)c(-c5ccccc5)n4)c2)nc2ccccc32)\C=C/1. The molecule has 1 aliphatic carbocycles. The van der Waals surface area contributed by atoms with Crippen LogP contribution in [0.25, 0.3) is 67.2 Å². The van der Waals surface area contributed by atoms with Crippen molar-refractivity contribution >= 4 is 22.3 Å².